The second-order valence-corrected chi connectivity index (χ2v) is 6.65. The first kappa shape index (κ1) is 17.7. The zero-order valence-electron chi connectivity index (χ0n) is 12.8. The predicted molar refractivity (Wildman–Crippen MR) is 82.1 cm³/mol. The number of carbonyl (C=O) groups is 1. The molecule has 0 aliphatic heterocycles. The highest BCUT2D eigenvalue weighted by molar-refractivity contribution is 6.31. The van der Waals surface area contributed by atoms with Gasteiger partial charge in [-0.15, -0.1) is 0 Å². The standard InChI is InChI=1S/C15H22ClFN2O2/c1-14(2,3)21-13(20)19-9-15(4,8-18)11-7-10(17)5-6-12(11)16/h5-7H,8-9,18H2,1-4H3,(H,19,20). The van der Waals surface area contributed by atoms with Crippen molar-refractivity contribution in [3.05, 3.63) is 34.6 Å². The van der Waals surface area contributed by atoms with Gasteiger partial charge in [0.15, 0.2) is 0 Å². The van der Waals surface area contributed by atoms with Crippen molar-refractivity contribution in [1.82, 2.24) is 5.32 Å². The maximum atomic E-state index is 13.4. The first-order valence-corrected chi connectivity index (χ1v) is 7.08. The van der Waals surface area contributed by atoms with Gasteiger partial charge in [-0.3, -0.25) is 0 Å². The summed E-state index contributed by atoms with van der Waals surface area (Å²) >= 11 is 6.11. The van der Waals surface area contributed by atoms with Gasteiger partial charge in [-0.1, -0.05) is 18.5 Å². The van der Waals surface area contributed by atoms with Crippen LogP contribution in [-0.2, 0) is 10.2 Å². The van der Waals surface area contributed by atoms with Crippen molar-refractivity contribution in [1.29, 1.82) is 0 Å². The van der Waals surface area contributed by atoms with Gasteiger partial charge in [0.1, 0.15) is 11.4 Å². The second kappa shape index (κ2) is 6.62. The summed E-state index contributed by atoms with van der Waals surface area (Å²) in [4.78, 5) is 11.7. The van der Waals surface area contributed by atoms with Gasteiger partial charge < -0.3 is 15.8 Å². The average molecular weight is 317 g/mol. The zero-order valence-corrected chi connectivity index (χ0v) is 13.6. The molecule has 1 rings (SSSR count). The van der Waals surface area contributed by atoms with E-state index in [0.29, 0.717) is 10.6 Å². The molecule has 0 aliphatic carbocycles. The van der Waals surface area contributed by atoms with E-state index in [2.05, 4.69) is 5.32 Å². The molecular formula is C15H22ClFN2O2. The van der Waals surface area contributed by atoms with Crippen LogP contribution in [0.2, 0.25) is 5.02 Å². The van der Waals surface area contributed by atoms with Crippen LogP contribution in [0.5, 0.6) is 0 Å². The van der Waals surface area contributed by atoms with E-state index in [4.69, 9.17) is 22.1 Å². The molecule has 1 aromatic carbocycles. The lowest BCUT2D eigenvalue weighted by Gasteiger charge is -2.30. The Morgan fingerprint density at radius 2 is 2.00 bits per heavy atom. The summed E-state index contributed by atoms with van der Waals surface area (Å²) in [5.74, 6) is -0.397. The van der Waals surface area contributed by atoms with Crippen LogP contribution in [0.15, 0.2) is 18.2 Å². The molecule has 1 unspecified atom stereocenters. The highest BCUT2D eigenvalue weighted by Crippen LogP contribution is 2.29. The van der Waals surface area contributed by atoms with Gasteiger partial charge >= 0.3 is 6.09 Å². The van der Waals surface area contributed by atoms with Crippen molar-refractivity contribution in [3.8, 4) is 0 Å². The predicted octanol–water partition coefficient (Wildman–Crippen LogP) is 3.22. The van der Waals surface area contributed by atoms with Crippen molar-refractivity contribution in [2.75, 3.05) is 13.1 Å². The van der Waals surface area contributed by atoms with Crippen LogP contribution in [0, 0.1) is 5.82 Å². The molecule has 0 fully saturated rings. The minimum Gasteiger partial charge on any atom is -0.444 e. The maximum Gasteiger partial charge on any atom is 0.407 e. The van der Waals surface area contributed by atoms with Crippen molar-refractivity contribution >= 4 is 17.7 Å². The molecular weight excluding hydrogens is 295 g/mol. The molecule has 0 spiro atoms. The normalized spacial score (nSPS) is 14.4. The van der Waals surface area contributed by atoms with Crippen LogP contribution >= 0.6 is 11.6 Å². The number of nitrogens with one attached hydrogen (secondary N) is 1. The fourth-order valence-electron chi connectivity index (χ4n) is 1.82. The monoisotopic (exact) mass is 316 g/mol. The van der Waals surface area contributed by atoms with Gasteiger partial charge in [0.05, 0.1) is 0 Å². The van der Waals surface area contributed by atoms with E-state index in [1.807, 2.05) is 6.92 Å². The van der Waals surface area contributed by atoms with Gasteiger partial charge in [-0.25, -0.2) is 9.18 Å². The number of benzene rings is 1. The average Bonchev–Trinajstić information content (AvgIpc) is 2.37. The van der Waals surface area contributed by atoms with Crippen molar-refractivity contribution < 1.29 is 13.9 Å². The number of halogens is 2. The molecule has 3 N–H and O–H groups in total. The minimum atomic E-state index is -0.684. The van der Waals surface area contributed by atoms with E-state index in [0.717, 1.165) is 0 Å². The molecule has 1 aromatic rings. The number of hydrogen-bond donors (Lipinski definition) is 2. The molecule has 1 atom stereocenters. The smallest absolute Gasteiger partial charge is 0.407 e. The van der Waals surface area contributed by atoms with Crippen molar-refractivity contribution in [2.24, 2.45) is 5.73 Å². The Labute approximate surface area is 129 Å². The van der Waals surface area contributed by atoms with Crippen molar-refractivity contribution in [2.45, 2.75) is 38.7 Å². The third kappa shape index (κ3) is 5.17. The molecule has 1 amide bonds. The van der Waals surface area contributed by atoms with Crippen LogP contribution in [0.3, 0.4) is 0 Å². The van der Waals surface area contributed by atoms with E-state index in [9.17, 15) is 9.18 Å². The molecule has 0 aliphatic rings. The number of nitrogens with two attached hydrogens (primary N) is 1. The van der Waals surface area contributed by atoms with Crippen LogP contribution in [-0.4, -0.2) is 24.8 Å². The summed E-state index contributed by atoms with van der Waals surface area (Å²) in [7, 11) is 0. The second-order valence-electron chi connectivity index (χ2n) is 6.24. The van der Waals surface area contributed by atoms with E-state index >= 15 is 0 Å². The van der Waals surface area contributed by atoms with E-state index in [1.54, 1.807) is 20.8 Å². The summed E-state index contributed by atoms with van der Waals surface area (Å²) in [6.07, 6.45) is -0.547. The molecule has 4 nitrogen and oxygen atoms in total. The van der Waals surface area contributed by atoms with Crippen LogP contribution in [0.25, 0.3) is 0 Å². The molecule has 0 aromatic heterocycles. The molecule has 0 bridgehead atoms. The maximum absolute atomic E-state index is 13.4. The lowest BCUT2D eigenvalue weighted by molar-refractivity contribution is 0.0516. The Hall–Kier alpha value is -1.33. The fourth-order valence-corrected chi connectivity index (χ4v) is 2.16. The quantitative estimate of drug-likeness (QED) is 0.896. The molecule has 0 saturated heterocycles. The number of rotatable bonds is 4. The Morgan fingerprint density at radius 3 is 2.52 bits per heavy atom. The third-order valence-corrected chi connectivity index (χ3v) is 3.38. The molecule has 0 saturated carbocycles. The fraction of sp³-hybridized carbons (Fsp3) is 0.533. The van der Waals surface area contributed by atoms with Gasteiger partial charge in [0.25, 0.3) is 0 Å². The van der Waals surface area contributed by atoms with Gasteiger partial charge in [-0.2, -0.15) is 0 Å². The van der Waals surface area contributed by atoms with Crippen LogP contribution in [0.1, 0.15) is 33.3 Å². The Balaban J connectivity index is 2.86. The highest BCUT2D eigenvalue weighted by Gasteiger charge is 2.29. The number of carbonyl (C=O) groups excluding carboxylic acids is 1. The van der Waals surface area contributed by atoms with E-state index in [1.165, 1.54) is 18.2 Å². The number of alkyl carbamates (subject to hydrolysis) is 1. The minimum absolute atomic E-state index is 0.196. The first-order chi connectivity index (χ1) is 9.57. The molecule has 21 heavy (non-hydrogen) atoms. The summed E-state index contributed by atoms with van der Waals surface area (Å²) in [5, 5.41) is 3.07. The molecule has 0 heterocycles. The van der Waals surface area contributed by atoms with Gasteiger partial charge in [0, 0.05) is 23.5 Å². The number of hydrogen-bond acceptors (Lipinski definition) is 3. The number of ether oxygens (including phenoxy) is 1. The molecule has 6 heteroatoms. The lowest BCUT2D eigenvalue weighted by atomic mass is 9.82. The largest absolute Gasteiger partial charge is 0.444 e. The lowest BCUT2D eigenvalue weighted by Crippen LogP contribution is -2.45. The van der Waals surface area contributed by atoms with Crippen LogP contribution in [0.4, 0.5) is 9.18 Å². The summed E-state index contributed by atoms with van der Waals surface area (Å²) in [6, 6.07) is 4.10. The van der Waals surface area contributed by atoms with Gasteiger partial charge in [-0.05, 0) is 44.5 Å². The Kier molecular flexibility index (Phi) is 5.59. The molecule has 0 radical (unpaired) electrons. The van der Waals surface area contributed by atoms with Crippen molar-refractivity contribution in [3.63, 3.8) is 0 Å². The Bertz CT molecular complexity index is 517. The third-order valence-electron chi connectivity index (χ3n) is 3.05. The summed E-state index contributed by atoms with van der Waals surface area (Å²) in [6.45, 7) is 7.53. The molecule has 118 valence electrons. The first-order valence-electron chi connectivity index (χ1n) is 6.70. The highest BCUT2D eigenvalue weighted by atomic mass is 35.5. The zero-order chi connectivity index (χ0) is 16.3. The Morgan fingerprint density at radius 1 is 1.38 bits per heavy atom. The van der Waals surface area contributed by atoms with Crippen LogP contribution < -0.4 is 11.1 Å². The van der Waals surface area contributed by atoms with E-state index in [-0.39, 0.29) is 13.1 Å². The van der Waals surface area contributed by atoms with E-state index < -0.39 is 22.9 Å². The number of amides is 1. The van der Waals surface area contributed by atoms with Gasteiger partial charge in [0.2, 0.25) is 0 Å². The summed E-state index contributed by atoms with van der Waals surface area (Å²) in [5.41, 5.74) is 5.09. The SMILES string of the molecule is CC(C)(C)OC(=O)NCC(C)(CN)c1cc(F)ccc1Cl. The topological polar surface area (TPSA) is 64.3 Å². The summed E-state index contributed by atoms with van der Waals surface area (Å²) < 4.78 is 18.6.